The SMILES string of the molecule is CC(C)(C)C.CC(C)(C)OC(=O)Nc1nc2ncc(CNc3ccc(C(=O)NCCCC(=O)O)cc3)nc2c(=O)[nH]1.CCCCC.O=CO. The Kier molecular flexibility index (Phi) is 20.2. The Morgan fingerprint density at radius 2 is 1.53 bits per heavy atom. The molecule has 3 aromatic rings. The van der Waals surface area contributed by atoms with Gasteiger partial charge in [-0.15, -0.1) is 0 Å². The summed E-state index contributed by atoms with van der Waals surface area (Å²) in [6.07, 6.45) is 5.12. The number of carbonyl (C=O) groups is 4. The summed E-state index contributed by atoms with van der Waals surface area (Å²) < 4.78 is 5.14. The summed E-state index contributed by atoms with van der Waals surface area (Å²) in [7, 11) is 0. The maximum absolute atomic E-state index is 12.4. The minimum Gasteiger partial charge on any atom is -0.483 e. The van der Waals surface area contributed by atoms with Crippen LogP contribution in [0.4, 0.5) is 16.4 Å². The second kappa shape index (κ2) is 22.5. The molecule has 2 heterocycles. The Hall–Kier alpha value is -5.08. The molecule has 15 heteroatoms. The molecule has 0 bridgehead atoms. The topological polar surface area (TPSA) is 226 Å². The van der Waals surface area contributed by atoms with Crippen molar-refractivity contribution in [1.82, 2.24) is 25.3 Å². The van der Waals surface area contributed by atoms with E-state index < -0.39 is 23.2 Å². The van der Waals surface area contributed by atoms with E-state index in [-0.39, 0.29) is 49.0 Å². The van der Waals surface area contributed by atoms with Gasteiger partial charge in [-0.3, -0.25) is 29.5 Å². The van der Waals surface area contributed by atoms with Gasteiger partial charge < -0.3 is 25.6 Å². The number of anilines is 2. The largest absolute Gasteiger partial charge is 0.483 e. The highest BCUT2D eigenvalue weighted by Crippen LogP contribution is 2.13. The lowest BCUT2D eigenvalue weighted by Crippen LogP contribution is -2.28. The highest BCUT2D eigenvalue weighted by atomic mass is 16.6. The lowest BCUT2D eigenvalue weighted by atomic mass is 10.0. The molecule has 3 rings (SSSR count). The van der Waals surface area contributed by atoms with Crippen LogP contribution in [0.3, 0.4) is 0 Å². The fourth-order valence-electron chi connectivity index (χ4n) is 3.33. The number of benzene rings is 1. The minimum absolute atomic E-state index is 0.00708. The summed E-state index contributed by atoms with van der Waals surface area (Å²) in [5, 5.41) is 23.7. The number of hydrogen-bond donors (Lipinski definition) is 6. The number of aromatic amines is 1. The maximum atomic E-state index is 12.4. The Labute approximate surface area is 287 Å². The fraction of sp³-hybridized carbons (Fsp3) is 0.529. The number of ether oxygens (including phenoxy) is 1. The maximum Gasteiger partial charge on any atom is 0.414 e. The second-order valence-electron chi connectivity index (χ2n) is 13.2. The summed E-state index contributed by atoms with van der Waals surface area (Å²) in [6, 6.07) is 6.69. The molecule has 0 radical (unpaired) electrons. The third-order valence-corrected chi connectivity index (χ3v) is 5.27. The number of fused-ring (bicyclic) bond motifs is 1. The number of aromatic nitrogens is 4. The van der Waals surface area contributed by atoms with E-state index in [1.54, 1.807) is 45.0 Å². The van der Waals surface area contributed by atoms with Crippen LogP contribution in [0.5, 0.6) is 0 Å². The van der Waals surface area contributed by atoms with Crippen LogP contribution < -0.4 is 21.5 Å². The van der Waals surface area contributed by atoms with E-state index in [2.05, 4.69) is 77.4 Å². The van der Waals surface area contributed by atoms with Gasteiger partial charge in [0.1, 0.15) is 5.60 Å². The van der Waals surface area contributed by atoms with Gasteiger partial charge in [-0.25, -0.2) is 14.8 Å². The van der Waals surface area contributed by atoms with Crippen LogP contribution in [0.15, 0.2) is 35.3 Å². The number of nitrogens with one attached hydrogen (secondary N) is 4. The highest BCUT2D eigenvalue weighted by molar-refractivity contribution is 5.94. The van der Waals surface area contributed by atoms with Crippen molar-refractivity contribution in [3.05, 3.63) is 52.1 Å². The van der Waals surface area contributed by atoms with Crippen molar-refractivity contribution in [3.8, 4) is 0 Å². The Morgan fingerprint density at radius 1 is 0.959 bits per heavy atom. The number of carboxylic acids is 1. The summed E-state index contributed by atoms with van der Waals surface area (Å²) in [5.74, 6) is -1.30. The van der Waals surface area contributed by atoms with E-state index >= 15 is 0 Å². The van der Waals surface area contributed by atoms with E-state index in [9.17, 15) is 19.2 Å². The minimum atomic E-state index is -0.906. The van der Waals surface area contributed by atoms with Crippen molar-refractivity contribution in [1.29, 1.82) is 0 Å². The Balaban J connectivity index is 0.00000151. The van der Waals surface area contributed by atoms with Crippen molar-refractivity contribution in [3.63, 3.8) is 0 Å². The number of amides is 2. The van der Waals surface area contributed by atoms with Crippen LogP contribution in [0.25, 0.3) is 11.2 Å². The van der Waals surface area contributed by atoms with Crippen LogP contribution in [0.2, 0.25) is 0 Å². The zero-order valence-electron chi connectivity index (χ0n) is 30.1. The van der Waals surface area contributed by atoms with Gasteiger partial charge in [0, 0.05) is 24.2 Å². The first kappa shape index (κ1) is 43.9. The number of nitrogens with zero attached hydrogens (tertiary/aromatic N) is 3. The molecule has 1 aromatic carbocycles. The third kappa shape index (κ3) is 22.2. The molecular formula is C34H53N7O8. The molecule has 2 amide bonds. The van der Waals surface area contributed by atoms with E-state index in [1.165, 1.54) is 25.5 Å². The molecule has 49 heavy (non-hydrogen) atoms. The number of aliphatic carboxylic acids is 1. The molecule has 0 fully saturated rings. The molecule has 0 atom stereocenters. The first-order chi connectivity index (χ1) is 22.8. The van der Waals surface area contributed by atoms with Crippen molar-refractivity contribution in [2.75, 3.05) is 17.2 Å². The number of H-pyrrole nitrogens is 1. The summed E-state index contributed by atoms with van der Waals surface area (Å²) in [5.41, 5.74) is 0.922. The van der Waals surface area contributed by atoms with Gasteiger partial charge in [-0.2, -0.15) is 4.98 Å². The van der Waals surface area contributed by atoms with Crippen molar-refractivity contribution in [2.45, 2.75) is 107 Å². The molecule has 0 spiro atoms. The predicted octanol–water partition coefficient (Wildman–Crippen LogP) is 6.22. The van der Waals surface area contributed by atoms with Gasteiger partial charge in [0.05, 0.1) is 18.4 Å². The van der Waals surface area contributed by atoms with Gasteiger partial charge in [0.15, 0.2) is 11.2 Å². The number of hydrogen-bond acceptors (Lipinski definition) is 10. The predicted molar refractivity (Wildman–Crippen MR) is 190 cm³/mol. The van der Waals surface area contributed by atoms with E-state index in [0.717, 1.165) is 0 Å². The average molecular weight is 688 g/mol. The van der Waals surface area contributed by atoms with Crippen LogP contribution in [0, 0.1) is 5.41 Å². The fourth-order valence-corrected chi connectivity index (χ4v) is 3.33. The quantitative estimate of drug-likeness (QED) is 0.0976. The summed E-state index contributed by atoms with van der Waals surface area (Å²) >= 11 is 0. The van der Waals surface area contributed by atoms with E-state index in [4.69, 9.17) is 19.7 Å². The van der Waals surface area contributed by atoms with Gasteiger partial charge in [-0.1, -0.05) is 60.8 Å². The molecule has 0 saturated carbocycles. The molecule has 15 nitrogen and oxygen atoms in total. The number of carboxylic acid groups (broad SMARTS) is 2. The molecule has 272 valence electrons. The van der Waals surface area contributed by atoms with Gasteiger partial charge in [0.2, 0.25) is 5.95 Å². The lowest BCUT2D eigenvalue weighted by molar-refractivity contribution is -0.137. The lowest BCUT2D eigenvalue weighted by Gasteiger charge is -2.19. The third-order valence-electron chi connectivity index (χ3n) is 5.27. The number of unbranched alkanes of at least 4 members (excludes halogenated alkanes) is 2. The Bertz CT molecular complexity index is 1500. The second-order valence-corrected chi connectivity index (χ2v) is 13.2. The molecular weight excluding hydrogens is 634 g/mol. The van der Waals surface area contributed by atoms with Crippen LogP contribution in [0.1, 0.15) is 110 Å². The van der Waals surface area contributed by atoms with Crippen LogP contribution in [-0.2, 0) is 20.9 Å². The van der Waals surface area contributed by atoms with Gasteiger partial charge in [0.25, 0.3) is 17.9 Å². The molecule has 0 unspecified atom stereocenters. The van der Waals surface area contributed by atoms with Crippen molar-refractivity contribution in [2.24, 2.45) is 5.41 Å². The standard InChI is InChI=1S/C23H27N7O6.2C5H12.CH2O2/c1-23(2,3)36-22(35)30-21-28-18-17(20(34)29-21)27-15(12-26-18)11-25-14-8-6-13(7-9-14)19(33)24-10-4-5-16(31)32;1-5(2,3)4;1-3-5-4-2;2-1-3/h6-9,12,25H,4-5,10-11H2,1-3H3,(H,24,33)(H,31,32)(H2,26,28,29,30,34,35);1-4H3;3-5H2,1-2H3;1H,(H,2,3). The number of carbonyl (C=O) groups excluding carboxylic acids is 2. The first-order valence-corrected chi connectivity index (χ1v) is 16.0. The zero-order chi connectivity index (χ0) is 37.6. The molecule has 0 aliphatic rings. The number of rotatable bonds is 11. The summed E-state index contributed by atoms with van der Waals surface area (Å²) in [4.78, 5) is 70.3. The van der Waals surface area contributed by atoms with Crippen molar-refractivity contribution < 1.29 is 34.1 Å². The van der Waals surface area contributed by atoms with Crippen molar-refractivity contribution >= 4 is 47.2 Å². The Morgan fingerprint density at radius 3 is 2.02 bits per heavy atom. The molecule has 6 N–H and O–H groups in total. The smallest absolute Gasteiger partial charge is 0.414 e. The van der Waals surface area contributed by atoms with Crippen LogP contribution >= 0.6 is 0 Å². The van der Waals surface area contributed by atoms with Crippen LogP contribution in [-0.4, -0.2) is 66.7 Å². The van der Waals surface area contributed by atoms with Gasteiger partial charge in [-0.05, 0) is 56.9 Å². The monoisotopic (exact) mass is 687 g/mol. The molecule has 2 aromatic heterocycles. The highest BCUT2D eigenvalue weighted by Gasteiger charge is 2.18. The first-order valence-electron chi connectivity index (χ1n) is 16.0. The molecule has 0 aliphatic heterocycles. The van der Waals surface area contributed by atoms with E-state index in [1.807, 2.05) is 0 Å². The van der Waals surface area contributed by atoms with E-state index in [0.29, 0.717) is 28.8 Å². The molecule has 0 aliphatic carbocycles. The normalized spacial score (nSPS) is 10.5. The average Bonchev–Trinajstić information content (AvgIpc) is 2.98. The van der Waals surface area contributed by atoms with Gasteiger partial charge >= 0.3 is 12.1 Å². The zero-order valence-corrected chi connectivity index (χ0v) is 30.1. The molecule has 0 saturated heterocycles. The summed E-state index contributed by atoms with van der Waals surface area (Å²) in [6.45, 7) is 18.6.